The first-order chi connectivity index (χ1) is 14.7. The number of methoxy groups -OCH3 is 1. The van der Waals surface area contributed by atoms with Crippen molar-refractivity contribution >= 4 is 11.6 Å². The van der Waals surface area contributed by atoms with E-state index in [1.54, 1.807) is 25.3 Å². The minimum atomic E-state index is -0.408. The van der Waals surface area contributed by atoms with Crippen molar-refractivity contribution in [1.29, 1.82) is 0 Å². The molecule has 0 bridgehead atoms. The van der Waals surface area contributed by atoms with Gasteiger partial charge >= 0.3 is 0 Å². The van der Waals surface area contributed by atoms with E-state index in [4.69, 9.17) is 9.26 Å². The van der Waals surface area contributed by atoms with Crippen LogP contribution in [0.1, 0.15) is 12.3 Å². The summed E-state index contributed by atoms with van der Waals surface area (Å²) in [6.45, 7) is 2.76. The molecular formula is C22H23FN4O3. The molecule has 1 fully saturated rings. The zero-order valence-electron chi connectivity index (χ0n) is 16.8. The standard InChI is InChI=1S/C22H23FN4O3/c1-29-19-9-5-4-8-18(19)26-12-14-27(15-13-26)21(28)11-10-20-24-22(25-30-20)16-6-2-3-7-17(16)23/h2-9H,10-15H2,1H3. The van der Waals surface area contributed by atoms with E-state index in [2.05, 4.69) is 15.0 Å². The Morgan fingerprint density at radius 1 is 1.10 bits per heavy atom. The van der Waals surface area contributed by atoms with Crippen LogP contribution in [0.3, 0.4) is 0 Å². The maximum absolute atomic E-state index is 13.8. The zero-order chi connectivity index (χ0) is 20.9. The van der Waals surface area contributed by atoms with Gasteiger partial charge in [0.1, 0.15) is 11.6 Å². The topological polar surface area (TPSA) is 71.7 Å². The molecule has 4 rings (SSSR count). The minimum Gasteiger partial charge on any atom is -0.495 e. The fraction of sp³-hybridized carbons (Fsp3) is 0.318. The van der Waals surface area contributed by atoms with Crippen molar-refractivity contribution in [3.05, 3.63) is 60.2 Å². The summed E-state index contributed by atoms with van der Waals surface area (Å²) in [4.78, 5) is 20.9. The van der Waals surface area contributed by atoms with Gasteiger partial charge in [-0.15, -0.1) is 0 Å². The number of para-hydroxylation sites is 2. The summed E-state index contributed by atoms with van der Waals surface area (Å²) in [6.07, 6.45) is 0.598. The number of ether oxygens (including phenoxy) is 1. The Hall–Kier alpha value is -3.42. The fourth-order valence-electron chi connectivity index (χ4n) is 3.57. The number of benzene rings is 2. The number of halogens is 1. The van der Waals surface area contributed by atoms with E-state index >= 15 is 0 Å². The number of hydrogen-bond donors (Lipinski definition) is 0. The van der Waals surface area contributed by atoms with Gasteiger partial charge < -0.3 is 19.1 Å². The number of carbonyl (C=O) groups excluding carboxylic acids is 1. The summed E-state index contributed by atoms with van der Waals surface area (Å²) in [5.41, 5.74) is 1.32. The van der Waals surface area contributed by atoms with E-state index in [1.165, 1.54) is 6.07 Å². The summed E-state index contributed by atoms with van der Waals surface area (Å²) < 4.78 is 24.5. The van der Waals surface area contributed by atoms with E-state index in [0.717, 1.165) is 24.5 Å². The maximum Gasteiger partial charge on any atom is 0.227 e. The molecule has 0 unspecified atom stereocenters. The van der Waals surface area contributed by atoms with Gasteiger partial charge in [0.15, 0.2) is 0 Å². The average molecular weight is 410 g/mol. The zero-order valence-corrected chi connectivity index (χ0v) is 16.8. The number of hydrogen-bond acceptors (Lipinski definition) is 6. The maximum atomic E-state index is 13.8. The highest BCUT2D eigenvalue weighted by atomic mass is 19.1. The molecule has 0 radical (unpaired) electrons. The predicted molar refractivity (Wildman–Crippen MR) is 110 cm³/mol. The van der Waals surface area contributed by atoms with Crippen molar-refractivity contribution in [2.24, 2.45) is 0 Å². The van der Waals surface area contributed by atoms with Gasteiger partial charge in [0, 0.05) is 39.0 Å². The number of aromatic nitrogens is 2. The van der Waals surface area contributed by atoms with Gasteiger partial charge in [-0.3, -0.25) is 4.79 Å². The van der Waals surface area contributed by atoms with E-state index in [-0.39, 0.29) is 23.7 Å². The summed E-state index contributed by atoms with van der Waals surface area (Å²) >= 11 is 0. The van der Waals surface area contributed by atoms with Crippen molar-refractivity contribution in [1.82, 2.24) is 15.0 Å². The van der Waals surface area contributed by atoms with Crippen LogP contribution in [0.2, 0.25) is 0 Å². The Morgan fingerprint density at radius 2 is 1.83 bits per heavy atom. The summed E-state index contributed by atoms with van der Waals surface area (Å²) in [5.74, 6) is 0.990. The largest absolute Gasteiger partial charge is 0.495 e. The Kier molecular flexibility index (Phi) is 5.92. The van der Waals surface area contributed by atoms with Crippen LogP contribution in [-0.4, -0.2) is 54.2 Å². The molecule has 1 aliphatic heterocycles. The lowest BCUT2D eigenvalue weighted by molar-refractivity contribution is -0.131. The highest BCUT2D eigenvalue weighted by Gasteiger charge is 2.23. The summed E-state index contributed by atoms with van der Waals surface area (Å²) in [6, 6.07) is 14.1. The third kappa shape index (κ3) is 4.27. The molecule has 0 atom stereocenters. The molecule has 2 heterocycles. The lowest BCUT2D eigenvalue weighted by Gasteiger charge is -2.36. The van der Waals surface area contributed by atoms with Crippen LogP contribution in [0.25, 0.3) is 11.4 Å². The summed E-state index contributed by atoms with van der Waals surface area (Å²) in [5, 5.41) is 3.83. The number of piperazine rings is 1. The first-order valence-electron chi connectivity index (χ1n) is 9.89. The first kappa shape index (κ1) is 19.9. The SMILES string of the molecule is COc1ccccc1N1CCN(C(=O)CCc2nc(-c3ccccc3F)no2)CC1. The molecule has 2 aromatic carbocycles. The highest BCUT2D eigenvalue weighted by molar-refractivity contribution is 5.76. The first-order valence-corrected chi connectivity index (χ1v) is 9.89. The van der Waals surface area contributed by atoms with Crippen LogP contribution in [0.4, 0.5) is 10.1 Å². The Morgan fingerprint density at radius 3 is 2.60 bits per heavy atom. The van der Waals surface area contributed by atoms with Crippen molar-refractivity contribution in [3.8, 4) is 17.1 Å². The van der Waals surface area contributed by atoms with Crippen LogP contribution in [0.15, 0.2) is 53.1 Å². The third-order valence-corrected chi connectivity index (χ3v) is 5.19. The molecule has 1 aliphatic rings. The Bertz CT molecular complexity index is 1010. The molecule has 0 N–H and O–H groups in total. The van der Waals surface area contributed by atoms with Crippen LogP contribution >= 0.6 is 0 Å². The van der Waals surface area contributed by atoms with Crippen molar-refractivity contribution in [3.63, 3.8) is 0 Å². The number of nitrogens with zero attached hydrogens (tertiary/aromatic N) is 4. The van der Waals surface area contributed by atoms with Gasteiger partial charge in [-0.25, -0.2) is 4.39 Å². The van der Waals surface area contributed by atoms with Crippen LogP contribution in [0.5, 0.6) is 5.75 Å². The highest BCUT2D eigenvalue weighted by Crippen LogP contribution is 2.28. The van der Waals surface area contributed by atoms with E-state index < -0.39 is 5.82 Å². The molecule has 3 aromatic rings. The molecule has 0 aliphatic carbocycles. The van der Waals surface area contributed by atoms with E-state index in [0.29, 0.717) is 25.4 Å². The molecule has 1 amide bonds. The number of carbonyl (C=O) groups is 1. The van der Waals surface area contributed by atoms with Crippen molar-refractivity contribution < 1.29 is 18.4 Å². The Labute approximate surface area is 174 Å². The monoisotopic (exact) mass is 410 g/mol. The second-order valence-electron chi connectivity index (χ2n) is 7.03. The van der Waals surface area contributed by atoms with Crippen LogP contribution in [0, 0.1) is 5.82 Å². The predicted octanol–water partition coefficient (Wildman–Crippen LogP) is 3.17. The second kappa shape index (κ2) is 8.94. The quantitative estimate of drug-likeness (QED) is 0.622. The van der Waals surface area contributed by atoms with Gasteiger partial charge in [-0.1, -0.05) is 29.4 Å². The number of rotatable bonds is 6. The second-order valence-corrected chi connectivity index (χ2v) is 7.03. The number of anilines is 1. The molecule has 30 heavy (non-hydrogen) atoms. The average Bonchev–Trinajstić information content (AvgIpc) is 3.26. The third-order valence-electron chi connectivity index (χ3n) is 5.19. The van der Waals surface area contributed by atoms with Crippen molar-refractivity contribution in [2.75, 3.05) is 38.2 Å². The Balaban J connectivity index is 1.30. The lowest BCUT2D eigenvalue weighted by Crippen LogP contribution is -2.48. The molecule has 1 aromatic heterocycles. The molecular weight excluding hydrogens is 387 g/mol. The van der Waals surface area contributed by atoms with Gasteiger partial charge in [0.05, 0.1) is 18.4 Å². The molecule has 0 saturated carbocycles. The van der Waals surface area contributed by atoms with Gasteiger partial charge in [0.25, 0.3) is 0 Å². The van der Waals surface area contributed by atoms with Crippen molar-refractivity contribution in [2.45, 2.75) is 12.8 Å². The molecule has 1 saturated heterocycles. The van der Waals surface area contributed by atoms with Gasteiger partial charge in [-0.2, -0.15) is 4.98 Å². The fourth-order valence-corrected chi connectivity index (χ4v) is 3.57. The van der Waals surface area contributed by atoms with Gasteiger partial charge in [-0.05, 0) is 24.3 Å². The summed E-state index contributed by atoms with van der Waals surface area (Å²) in [7, 11) is 1.66. The molecule has 0 spiro atoms. The lowest BCUT2D eigenvalue weighted by atomic mass is 10.2. The van der Waals surface area contributed by atoms with Crippen LogP contribution < -0.4 is 9.64 Å². The van der Waals surface area contributed by atoms with E-state index in [1.807, 2.05) is 29.2 Å². The smallest absolute Gasteiger partial charge is 0.227 e. The number of aryl methyl sites for hydroxylation is 1. The molecule has 7 nitrogen and oxygen atoms in total. The van der Waals surface area contributed by atoms with Gasteiger partial charge in [0.2, 0.25) is 17.6 Å². The number of amides is 1. The molecule has 8 heteroatoms. The normalized spacial score (nSPS) is 14.1. The molecule has 156 valence electrons. The van der Waals surface area contributed by atoms with E-state index in [9.17, 15) is 9.18 Å². The van der Waals surface area contributed by atoms with Crippen LogP contribution in [-0.2, 0) is 11.2 Å². The minimum absolute atomic E-state index is 0.0420.